The molecule has 1 fully saturated rings. The molecule has 2 heterocycles. The molecule has 1 saturated heterocycles. The van der Waals surface area contributed by atoms with E-state index in [0.29, 0.717) is 41.8 Å². The maximum atomic E-state index is 12.7. The molecule has 0 unspecified atom stereocenters. The van der Waals surface area contributed by atoms with Gasteiger partial charge in [0.25, 0.3) is 5.91 Å². The lowest BCUT2D eigenvalue weighted by Gasteiger charge is -2.35. The number of piperazine rings is 1. The van der Waals surface area contributed by atoms with Crippen LogP contribution in [0.3, 0.4) is 0 Å². The zero-order valence-corrected chi connectivity index (χ0v) is 17.5. The number of aryl methyl sites for hydroxylation is 1. The minimum atomic E-state index is -0.0378. The Morgan fingerprint density at radius 3 is 2.31 bits per heavy atom. The molecule has 0 atom stereocenters. The fraction of sp³-hybridized carbons (Fsp3) is 0.227. The first-order valence-corrected chi connectivity index (χ1v) is 10.2. The summed E-state index contributed by atoms with van der Waals surface area (Å²) in [5.74, 6) is 0.785. The quantitative estimate of drug-likeness (QED) is 0.607. The van der Waals surface area contributed by atoms with E-state index in [1.54, 1.807) is 18.2 Å². The molecular weight excluding hydrogens is 407 g/mol. The van der Waals surface area contributed by atoms with Gasteiger partial charge in [0.2, 0.25) is 0 Å². The number of halogens is 2. The molecule has 2 aromatic carbocycles. The van der Waals surface area contributed by atoms with Crippen LogP contribution in [0.25, 0.3) is 11.3 Å². The fourth-order valence-electron chi connectivity index (χ4n) is 3.45. The van der Waals surface area contributed by atoms with Gasteiger partial charge in [-0.05, 0) is 42.8 Å². The number of amides is 1. The molecule has 1 aromatic heterocycles. The van der Waals surface area contributed by atoms with E-state index in [0.717, 1.165) is 17.1 Å². The van der Waals surface area contributed by atoms with Crippen LogP contribution < -0.4 is 4.90 Å². The van der Waals surface area contributed by atoms with Crippen LogP contribution in [0.4, 0.5) is 5.82 Å². The van der Waals surface area contributed by atoms with Crippen molar-refractivity contribution in [3.05, 3.63) is 75.8 Å². The average molecular weight is 427 g/mol. The van der Waals surface area contributed by atoms with Crippen LogP contribution in [-0.2, 0) is 0 Å². The third-order valence-electron chi connectivity index (χ3n) is 5.13. The van der Waals surface area contributed by atoms with Gasteiger partial charge in [0.05, 0.1) is 15.7 Å². The van der Waals surface area contributed by atoms with Crippen molar-refractivity contribution in [1.82, 2.24) is 15.1 Å². The van der Waals surface area contributed by atoms with Crippen LogP contribution in [0.1, 0.15) is 15.9 Å². The molecule has 148 valence electrons. The number of benzene rings is 2. The van der Waals surface area contributed by atoms with Gasteiger partial charge in [-0.1, -0.05) is 47.5 Å². The van der Waals surface area contributed by atoms with Gasteiger partial charge in [-0.3, -0.25) is 4.79 Å². The molecule has 7 heteroatoms. The van der Waals surface area contributed by atoms with E-state index in [1.807, 2.05) is 35.2 Å². The Balaban J connectivity index is 1.41. The molecule has 1 amide bonds. The van der Waals surface area contributed by atoms with Gasteiger partial charge < -0.3 is 9.80 Å². The average Bonchev–Trinajstić information content (AvgIpc) is 2.76. The van der Waals surface area contributed by atoms with Crippen LogP contribution >= 0.6 is 23.2 Å². The first kappa shape index (κ1) is 19.7. The van der Waals surface area contributed by atoms with Crippen LogP contribution in [0.2, 0.25) is 10.0 Å². The number of carbonyl (C=O) groups is 1. The minimum Gasteiger partial charge on any atom is -0.352 e. The van der Waals surface area contributed by atoms with Crippen molar-refractivity contribution < 1.29 is 4.79 Å². The summed E-state index contributed by atoms with van der Waals surface area (Å²) in [5, 5.41) is 9.65. The van der Waals surface area contributed by atoms with Crippen LogP contribution in [0.5, 0.6) is 0 Å². The van der Waals surface area contributed by atoms with Gasteiger partial charge >= 0.3 is 0 Å². The standard InChI is InChI=1S/C22H20Cl2N4O/c1-15-4-2-3-5-17(15)20-8-9-21(26-25-20)27-10-12-28(13-11-27)22(29)16-6-7-18(23)19(24)14-16/h2-9,14H,10-13H2,1H3. The third kappa shape index (κ3) is 4.21. The molecule has 1 aliphatic heterocycles. The lowest BCUT2D eigenvalue weighted by atomic mass is 10.1. The fourth-order valence-corrected chi connectivity index (χ4v) is 3.75. The molecule has 0 radical (unpaired) electrons. The second-order valence-corrected chi connectivity index (χ2v) is 7.81. The van der Waals surface area contributed by atoms with Crippen molar-refractivity contribution >= 4 is 34.9 Å². The van der Waals surface area contributed by atoms with E-state index in [2.05, 4.69) is 28.1 Å². The summed E-state index contributed by atoms with van der Waals surface area (Å²) in [6.07, 6.45) is 0. The van der Waals surface area contributed by atoms with Crippen molar-refractivity contribution in [2.24, 2.45) is 0 Å². The Bertz CT molecular complexity index is 1030. The maximum absolute atomic E-state index is 12.7. The maximum Gasteiger partial charge on any atom is 0.254 e. The molecule has 0 aliphatic carbocycles. The Morgan fingerprint density at radius 2 is 1.66 bits per heavy atom. The van der Waals surface area contributed by atoms with Gasteiger partial charge in [-0.15, -0.1) is 10.2 Å². The number of aromatic nitrogens is 2. The predicted octanol–water partition coefficient (Wildman–Crippen LogP) is 4.72. The van der Waals surface area contributed by atoms with Gasteiger partial charge in [-0.25, -0.2) is 0 Å². The van der Waals surface area contributed by atoms with Crippen LogP contribution in [0, 0.1) is 6.92 Å². The number of nitrogens with zero attached hydrogens (tertiary/aromatic N) is 4. The van der Waals surface area contributed by atoms with Crippen LogP contribution in [0.15, 0.2) is 54.6 Å². The third-order valence-corrected chi connectivity index (χ3v) is 5.87. The molecule has 1 aliphatic rings. The summed E-state index contributed by atoms with van der Waals surface area (Å²) >= 11 is 12.0. The van der Waals surface area contributed by atoms with E-state index in [1.165, 1.54) is 5.56 Å². The smallest absolute Gasteiger partial charge is 0.254 e. The van der Waals surface area contributed by atoms with Gasteiger partial charge in [0.1, 0.15) is 0 Å². The van der Waals surface area contributed by atoms with E-state index in [-0.39, 0.29) is 5.91 Å². The number of hydrogen-bond donors (Lipinski definition) is 0. The van der Waals surface area contributed by atoms with E-state index in [9.17, 15) is 4.79 Å². The molecule has 0 spiro atoms. The summed E-state index contributed by atoms with van der Waals surface area (Å²) in [4.78, 5) is 16.7. The Hall–Kier alpha value is -2.63. The normalized spacial score (nSPS) is 14.2. The van der Waals surface area contributed by atoms with E-state index in [4.69, 9.17) is 23.2 Å². The predicted molar refractivity (Wildman–Crippen MR) is 117 cm³/mol. The van der Waals surface area contributed by atoms with Gasteiger partial charge in [-0.2, -0.15) is 0 Å². The summed E-state index contributed by atoms with van der Waals surface area (Å²) in [6, 6.07) is 17.1. The van der Waals surface area contributed by atoms with Gasteiger partial charge in [0.15, 0.2) is 5.82 Å². The van der Waals surface area contributed by atoms with Crippen molar-refractivity contribution in [3.8, 4) is 11.3 Å². The molecule has 0 saturated carbocycles. The van der Waals surface area contributed by atoms with E-state index < -0.39 is 0 Å². The lowest BCUT2D eigenvalue weighted by Crippen LogP contribution is -2.49. The highest BCUT2D eigenvalue weighted by atomic mass is 35.5. The first-order valence-electron chi connectivity index (χ1n) is 9.42. The highest BCUT2D eigenvalue weighted by molar-refractivity contribution is 6.42. The second-order valence-electron chi connectivity index (χ2n) is 7.00. The topological polar surface area (TPSA) is 49.3 Å². The zero-order chi connectivity index (χ0) is 20.4. The molecule has 3 aromatic rings. The molecule has 0 bridgehead atoms. The van der Waals surface area contributed by atoms with Crippen molar-refractivity contribution in [3.63, 3.8) is 0 Å². The Labute approximate surface area is 179 Å². The first-order chi connectivity index (χ1) is 14.0. The van der Waals surface area contributed by atoms with Crippen molar-refractivity contribution in [1.29, 1.82) is 0 Å². The summed E-state index contributed by atoms with van der Waals surface area (Å²) in [5.41, 5.74) is 3.67. The Morgan fingerprint density at radius 1 is 0.897 bits per heavy atom. The Kier molecular flexibility index (Phi) is 5.69. The largest absolute Gasteiger partial charge is 0.352 e. The number of hydrogen-bond acceptors (Lipinski definition) is 4. The van der Waals surface area contributed by atoms with Crippen molar-refractivity contribution in [2.75, 3.05) is 31.1 Å². The SMILES string of the molecule is Cc1ccccc1-c1ccc(N2CCN(C(=O)c3ccc(Cl)c(Cl)c3)CC2)nn1. The summed E-state index contributed by atoms with van der Waals surface area (Å²) in [6.45, 7) is 4.69. The minimum absolute atomic E-state index is 0.0378. The van der Waals surface area contributed by atoms with Crippen molar-refractivity contribution in [2.45, 2.75) is 6.92 Å². The molecule has 5 nitrogen and oxygen atoms in total. The number of rotatable bonds is 3. The molecule has 29 heavy (non-hydrogen) atoms. The summed E-state index contributed by atoms with van der Waals surface area (Å²) in [7, 11) is 0. The van der Waals surface area contributed by atoms with E-state index >= 15 is 0 Å². The van der Waals surface area contributed by atoms with Crippen LogP contribution in [-0.4, -0.2) is 47.2 Å². The number of anilines is 1. The van der Waals surface area contributed by atoms with Gasteiger partial charge in [0, 0.05) is 37.3 Å². The molecule has 4 rings (SSSR count). The number of carbonyl (C=O) groups excluding carboxylic acids is 1. The second kappa shape index (κ2) is 8.39. The highest BCUT2D eigenvalue weighted by Crippen LogP contribution is 2.25. The highest BCUT2D eigenvalue weighted by Gasteiger charge is 2.23. The monoisotopic (exact) mass is 426 g/mol. The lowest BCUT2D eigenvalue weighted by molar-refractivity contribution is 0.0746. The molecule has 0 N–H and O–H groups in total. The zero-order valence-electron chi connectivity index (χ0n) is 16.0. The molecular formula is C22H20Cl2N4O. The summed E-state index contributed by atoms with van der Waals surface area (Å²) < 4.78 is 0.